The predicted octanol–water partition coefficient (Wildman–Crippen LogP) is -2.99. The van der Waals surface area contributed by atoms with Crippen LogP contribution in [0.2, 0.25) is 0 Å². The van der Waals surface area contributed by atoms with Gasteiger partial charge in [-0.05, 0) is 24.1 Å². The minimum absolute atomic E-state index is 0.169. The normalized spacial score (nSPS) is 27.9. The summed E-state index contributed by atoms with van der Waals surface area (Å²) in [5.41, 5.74) is 4.80. The predicted molar refractivity (Wildman–Crippen MR) is 141 cm³/mol. The molecule has 2 aliphatic heterocycles. The molecular formula is C26H32N4O12. The van der Waals surface area contributed by atoms with Gasteiger partial charge in [0.25, 0.3) is 11.5 Å². The van der Waals surface area contributed by atoms with Gasteiger partial charge in [0.15, 0.2) is 18.1 Å². The van der Waals surface area contributed by atoms with E-state index in [-0.39, 0.29) is 6.54 Å². The average molecular weight is 593 g/mol. The summed E-state index contributed by atoms with van der Waals surface area (Å²) >= 11 is 0. The SMILES string of the molecule is COc1ccccc1CCNC(=O)C1=C[C@H](O)[C@H](O)[C@@H](O[C@@H](C(N)=O)[C@H]2O[C@@H](n3ccc(=O)[nH]c3=O)[C@H](O)[C@@H]2OC)O1. The third-order valence-corrected chi connectivity index (χ3v) is 6.80. The molecule has 16 nitrogen and oxygen atoms in total. The van der Waals surface area contributed by atoms with Crippen LogP contribution >= 0.6 is 0 Å². The van der Waals surface area contributed by atoms with Gasteiger partial charge in [-0.25, -0.2) is 4.79 Å². The molecule has 0 radical (unpaired) electrons. The molecule has 42 heavy (non-hydrogen) atoms. The zero-order valence-corrected chi connectivity index (χ0v) is 22.6. The van der Waals surface area contributed by atoms with Gasteiger partial charge >= 0.3 is 5.69 Å². The molecule has 2 aromatic rings. The molecule has 0 spiro atoms. The lowest BCUT2D eigenvalue weighted by atomic mass is 10.0. The zero-order chi connectivity index (χ0) is 30.6. The summed E-state index contributed by atoms with van der Waals surface area (Å²) < 4.78 is 28.3. The average Bonchev–Trinajstić information content (AvgIpc) is 3.28. The van der Waals surface area contributed by atoms with Gasteiger partial charge in [0.1, 0.15) is 36.3 Å². The molecule has 0 saturated carbocycles. The summed E-state index contributed by atoms with van der Waals surface area (Å²) in [7, 11) is 2.73. The van der Waals surface area contributed by atoms with Gasteiger partial charge in [-0.15, -0.1) is 0 Å². The summed E-state index contributed by atoms with van der Waals surface area (Å²) in [6, 6.07) is 8.27. The fourth-order valence-electron chi connectivity index (χ4n) is 4.70. The fraction of sp³-hybridized carbons (Fsp3) is 0.462. The summed E-state index contributed by atoms with van der Waals surface area (Å²) in [5, 5.41) is 34.3. The highest BCUT2D eigenvalue weighted by Gasteiger charge is 2.52. The lowest BCUT2D eigenvalue weighted by Crippen LogP contribution is -2.54. The Hall–Kier alpha value is -4.06. The van der Waals surface area contributed by atoms with Crippen LogP contribution in [0.1, 0.15) is 11.8 Å². The van der Waals surface area contributed by atoms with Gasteiger partial charge in [-0.3, -0.25) is 23.9 Å². The van der Waals surface area contributed by atoms with Crippen molar-refractivity contribution in [3.63, 3.8) is 0 Å². The number of primary amides is 1. The van der Waals surface area contributed by atoms with Crippen LogP contribution in [0.25, 0.3) is 0 Å². The van der Waals surface area contributed by atoms with E-state index in [0.717, 1.165) is 28.5 Å². The summed E-state index contributed by atoms with van der Waals surface area (Å²) in [4.78, 5) is 51.0. The van der Waals surface area contributed by atoms with Crippen molar-refractivity contribution in [2.24, 2.45) is 5.73 Å². The Morgan fingerprint density at radius 3 is 2.55 bits per heavy atom. The first-order chi connectivity index (χ1) is 20.0. The van der Waals surface area contributed by atoms with E-state index in [9.17, 15) is 34.5 Å². The molecule has 2 aliphatic rings. The number of aliphatic hydroxyl groups excluding tert-OH is 3. The van der Waals surface area contributed by atoms with Crippen molar-refractivity contribution in [1.82, 2.24) is 14.9 Å². The number of methoxy groups -OCH3 is 2. The van der Waals surface area contributed by atoms with Crippen LogP contribution in [0.15, 0.2) is 58.0 Å². The first-order valence-electron chi connectivity index (χ1n) is 12.8. The van der Waals surface area contributed by atoms with Crippen molar-refractivity contribution in [1.29, 1.82) is 0 Å². The second kappa shape index (κ2) is 13.3. The summed E-state index contributed by atoms with van der Waals surface area (Å²) in [6.45, 7) is 0.169. The van der Waals surface area contributed by atoms with E-state index in [0.29, 0.717) is 12.2 Å². The Labute approximate surface area is 238 Å². The second-order valence-electron chi connectivity index (χ2n) is 9.47. The molecule has 2 amide bonds. The number of hydrogen-bond donors (Lipinski definition) is 6. The molecule has 4 rings (SSSR count). The molecule has 1 aromatic carbocycles. The van der Waals surface area contributed by atoms with Crippen molar-refractivity contribution < 1.29 is 48.6 Å². The number of benzene rings is 1. The number of nitrogens with zero attached hydrogens (tertiary/aromatic N) is 1. The van der Waals surface area contributed by atoms with Crippen LogP contribution in [0.3, 0.4) is 0 Å². The minimum Gasteiger partial charge on any atom is -0.496 e. The first-order valence-corrected chi connectivity index (χ1v) is 12.8. The molecule has 8 atom stereocenters. The van der Waals surface area contributed by atoms with Gasteiger partial charge in [0.2, 0.25) is 12.2 Å². The number of nitrogens with two attached hydrogens (primary N) is 1. The quantitative estimate of drug-likeness (QED) is 0.153. The molecule has 0 unspecified atom stereocenters. The molecule has 0 bridgehead atoms. The maximum Gasteiger partial charge on any atom is 0.330 e. The standard InChI is InChI=1S/C26H32N4O12/c1-38-14-6-4-3-5-12(14)7-9-28-23(36)15-11-13(31)17(33)25(40-15)42-21(22(27)35)20-19(39-2)18(34)24(41-20)30-10-8-16(32)29-26(30)37/h3-6,8,10-11,13,17-21,24-25,31,33-34H,7,9H2,1-2H3,(H2,27,35)(H,28,36)(H,29,32,37)/t13-,17-,18+,19-,20-,21+,24+,25+/m0/s1. The van der Waals surface area contributed by atoms with Gasteiger partial charge in [0, 0.05) is 25.9 Å². The number of carbonyl (C=O) groups excluding carboxylic acids is 2. The van der Waals surface area contributed by atoms with Crippen molar-refractivity contribution in [2.75, 3.05) is 20.8 Å². The van der Waals surface area contributed by atoms with Crippen molar-refractivity contribution in [3.8, 4) is 5.75 Å². The smallest absolute Gasteiger partial charge is 0.330 e. The second-order valence-corrected chi connectivity index (χ2v) is 9.47. The lowest BCUT2D eigenvalue weighted by molar-refractivity contribution is -0.241. The number of H-pyrrole nitrogens is 1. The Kier molecular flexibility index (Phi) is 9.77. The summed E-state index contributed by atoms with van der Waals surface area (Å²) in [5.74, 6) is -1.62. The van der Waals surface area contributed by atoms with E-state index >= 15 is 0 Å². The third-order valence-electron chi connectivity index (χ3n) is 6.80. The van der Waals surface area contributed by atoms with E-state index in [1.807, 2.05) is 23.2 Å². The number of hydrogen-bond acceptors (Lipinski definition) is 12. The molecule has 7 N–H and O–H groups in total. The molecule has 1 fully saturated rings. The lowest BCUT2D eigenvalue weighted by Gasteiger charge is -2.35. The number of rotatable bonds is 11. The molecule has 228 valence electrons. The summed E-state index contributed by atoms with van der Waals surface area (Å²) in [6.07, 6.45) is -10.2. The van der Waals surface area contributed by atoms with E-state index < -0.39 is 78.0 Å². The number of nitrogens with one attached hydrogen (secondary N) is 2. The Morgan fingerprint density at radius 1 is 1.14 bits per heavy atom. The number of aromatic amines is 1. The van der Waals surface area contributed by atoms with Crippen LogP contribution < -0.4 is 27.0 Å². The van der Waals surface area contributed by atoms with Gasteiger partial charge in [-0.2, -0.15) is 0 Å². The van der Waals surface area contributed by atoms with Crippen molar-refractivity contribution >= 4 is 11.8 Å². The third kappa shape index (κ3) is 6.53. The molecular weight excluding hydrogens is 560 g/mol. The maximum atomic E-state index is 12.8. The topological polar surface area (TPSA) is 234 Å². The Morgan fingerprint density at radius 2 is 1.88 bits per heavy atom. The fourth-order valence-corrected chi connectivity index (χ4v) is 4.70. The largest absolute Gasteiger partial charge is 0.496 e. The van der Waals surface area contributed by atoms with E-state index in [2.05, 4.69) is 5.32 Å². The number of para-hydroxylation sites is 1. The number of aliphatic hydroxyl groups is 3. The van der Waals surface area contributed by atoms with Gasteiger partial charge in [0.05, 0.1) is 7.11 Å². The van der Waals surface area contributed by atoms with Gasteiger partial charge < -0.3 is 50.1 Å². The van der Waals surface area contributed by atoms with E-state index in [1.54, 1.807) is 6.07 Å². The van der Waals surface area contributed by atoms with Crippen LogP contribution in [0, 0.1) is 0 Å². The van der Waals surface area contributed by atoms with E-state index in [1.165, 1.54) is 14.2 Å². The Bertz CT molecular complexity index is 1420. The number of carbonyl (C=O) groups is 2. The van der Waals surface area contributed by atoms with Gasteiger partial charge in [-0.1, -0.05) is 18.2 Å². The van der Waals surface area contributed by atoms with Crippen molar-refractivity contribution in [3.05, 3.63) is 74.8 Å². The molecule has 3 heterocycles. The number of ether oxygens (including phenoxy) is 5. The Balaban J connectivity index is 1.47. The number of aromatic nitrogens is 2. The monoisotopic (exact) mass is 592 g/mol. The maximum absolute atomic E-state index is 12.8. The molecule has 16 heteroatoms. The van der Waals surface area contributed by atoms with Crippen LogP contribution in [-0.2, 0) is 35.0 Å². The number of amides is 2. The highest BCUT2D eigenvalue weighted by molar-refractivity contribution is 5.91. The minimum atomic E-state index is -1.79. The molecule has 1 saturated heterocycles. The molecule has 0 aliphatic carbocycles. The zero-order valence-electron chi connectivity index (χ0n) is 22.6. The van der Waals surface area contributed by atoms with Crippen LogP contribution in [-0.4, -0.2) is 100 Å². The van der Waals surface area contributed by atoms with Crippen LogP contribution in [0.5, 0.6) is 5.75 Å². The van der Waals surface area contributed by atoms with E-state index in [4.69, 9.17) is 29.4 Å². The highest BCUT2D eigenvalue weighted by Crippen LogP contribution is 2.34. The first kappa shape index (κ1) is 30.9. The van der Waals surface area contributed by atoms with Crippen molar-refractivity contribution in [2.45, 2.75) is 55.6 Å². The van der Waals surface area contributed by atoms with Crippen LogP contribution in [0.4, 0.5) is 0 Å². The highest BCUT2D eigenvalue weighted by atomic mass is 16.7. The molecule has 1 aromatic heterocycles.